The second kappa shape index (κ2) is 5.63. The molecular weight excluding hydrogens is 328 g/mol. The standard InChI is InChI=1S/C14H12BrClN2O/c1-8-2-4-10(7-13(8)17)18-14(19)11-5-3-9(16)6-12(11)15/h2-7H,17H2,1H3,(H,18,19). The van der Waals surface area contributed by atoms with E-state index in [1.807, 2.05) is 19.1 Å². The van der Waals surface area contributed by atoms with Crippen molar-refractivity contribution in [3.05, 3.63) is 57.0 Å². The number of hydrogen-bond donors (Lipinski definition) is 2. The maximum Gasteiger partial charge on any atom is 0.256 e. The number of carbonyl (C=O) groups is 1. The molecule has 5 heteroatoms. The van der Waals surface area contributed by atoms with Crippen molar-refractivity contribution in [3.63, 3.8) is 0 Å². The maximum atomic E-state index is 12.1. The first kappa shape index (κ1) is 13.9. The predicted molar refractivity (Wildman–Crippen MR) is 82.7 cm³/mol. The minimum Gasteiger partial charge on any atom is -0.398 e. The lowest BCUT2D eigenvalue weighted by Gasteiger charge is -2.09. The molecule has 0 fully saturated rings. The second-order valence-corrected chi connectivity index (χ2v) is 5.44. The van der Waals surface area contributed by atoms with Gasteiger partial charge in [-0.15, -0.1) is 0 Å². The largest absolute Gasteiger partial charge is 0.398 e. The Morgan fingerprint density at radius 1 is 1.26 bits per heavy atom. The van der Waals surface area contributed by atoms with Crippen LogP contribution >= 0.6 is 27.5 Å². The number of halogens is 2. The summed E-state index contributed by atoms with van der Waals surface area (Å²) in [5.74, 6) is -0.216. The molecule has 0 spiro atoms. The number of nitrogens with two attached hydrogens (primary N) is 1. The summed E-state index contributed by atoms with van der Waals surface area (Å²) >= 11 is 9.16. The van der Waals surface area contributed by atoms with Crippen molar-refractivity contribution in [2.75, 3.05) is 11.1 Å². The first-order valence-corrected chi connectivity index (χ1v) is 6.77. The average molecular weight is 340 g/mol. The number of nitrogen functional groups attached to an aromatic ring is 1. The topological polar surface area (TPSA) is 55.1 Å². The zero-order chi connectivity index (χ0) is 14.0. The molecule has 0 saturated carbocycles. The fraction of sp³-hybridized carbons (Fsp3) is 0.0714. The van der Waals surface area contributed by atoms with Gasteiger partial charge in [0.2, 0.25) is 0 Å². The van der Waals surface area contributed by atoms with Crippen LogP contribution in [0, 0.1) is 6.92 Å². The molecular formula is C14H12BrClN2O. The van der Waals surface area contributed by atoms with Crippen molar-refractivity contribution < 1.29 is 4.79 Å². The number of rotatable bonds is 2. The van der Waals surface area contributed by atoms with Crippen LogP contribution in [-0.4, -0.2) is 5.91 Å². The van der Waals surface area contributed by atoms with Crippen LogP contribution in [0.3, 0.4) is 0 Å². The lowest BCUT2D eigenvalue weighted by molar-refractivity contribution is 0.102. The molecule has 2 rings (SSSR count). The zero-order valence-electron chi connectivity index (χ0n) is 10.2. The van der Waals surface area contributed by atoms with Gasteiger partial charge in [-0.3, -0.25) is 4.79 Å². The van der Waals surface area contributed by atoms with Gasteiger partial charge in [-0.25, -0.2) is 0 Å². The molecule has 2 aromatic carbocycles. The van der Waals surface area contributed by atoms with Crippen molar-refractivity contribution >= 4 is 44.8 Å². The SMILES string of the molecule is Cc1ccc(NC(=O)c2ccc(Cl)cc2Br)cc1N. The number of anilines is 2. The third kappa shape index (κ3) is 3.28. The zero-order valence-corrected chi connectivity index (χ0v) is 12.5. The Bertz CT molecular complexity index is 643. The molecule has 98 valence electrons. The smallest absolute Gasteiger partial charge is 0.256 e. The van der Waals surface area contributed by atoms with E-state index in [-0.39, 0.29) is 5.91 Å². The molecule has 19 heavy (non-hydrogen) atoms. The fourth-order valence-corrected chi connectivity index (χ4v) is 2.45. The van der Waals surface area contributed by atoms with E-state index in [9.17, 15) is 4.79 Å². The Balaban J connectivity index is 2.23. The van der Waals surface area contributed by atoms with E-state index in [2.05, 4.69) is 21.2 Å². The number of benzene rings is 2. The lowest BCUT2D eigenvalue weighted by Crippen LogP contribution is -2.12. The van der Waals surface area contributed by atoms with Crippen LogP contribution in [0.2, 0.25) is 5.02 Å². The lowest BCUT2D eigenvalue weighted by atomic mass is 10.1. The molecule has 1 amide bonds. The molecule has 0 atom stereocenters. The van der Waals surface area contributed by atoms with Crippen LogP contribution in [0.1, 0.15) is 15.9 Å². The minimum atomic E-state index is -0.216. The molecule has 0 radical (unpaired) electrons. The fourth-order valence-electron chi connectivity index (χ4n) is 1.59. The van der Waals surface area contributed by atoms with Gasteiger partial charge in [-0.05, 0) is 58.7 Å². The van der Waals surface area contributed by atoms with Crippen molar-refractivity contribution in [3.8, 4) is 0 Å². The molecule has 0 aliphatic heterocycles. The summed E-state index contributed by atoms with van der Waals surface area (Å²) in [6, 6.07) is 10.4. The van der Waals surface area contributed by atoms with E-state index in [0.29, 0.717) is 26.4 Å². The van der Waals surface area contributed by atoms with Gasteiger partial charge in [-0.2, -0.15) is 0 Å². The summed E-state index contributed by atoms with van der Waals surface area (Å²) < 4.78 is 0.651. The van der Waals surface area contributed by atoms with Gasteiger partial charge in [0.05, 0.1) is 5.56 Å². The normalized spacial score (nSPS) is 10.3. The molecule has 0 bridgehead atoms. The van der Waals surface area contributed by atoms with E-state index in [0.717, 1.165) is 5.56 Å². The van der Waals surface area contributed by atoms with Crippen LogP contribution in [0.15, 0.2) is 40.9 Å². The number of aryl methyl sites for hydroxylation is 1. The summed E-state index contributed by atoms with van der Waals surface area (Å²) in [6.45, 7) is 1.91. The van der Waals surface area contributed by atoms with Gasteiger partial charge >= 0.3 is 0 Å². The molecule has 0 aliphatic rings. The highest BCUT2D eigenvalue weighted by atomic mass is 79.9. The minimum absolute atomic E-state index is 0.216. The maximum absolute atomic E-state index is 12.1. The van der Waals surface area contributed by atoms with Crippen LogP contribution in [-0.2, 0) is 0 Å². The van der Waals surface area contributed by atoms with Gasteiger partial charge in [0, 0.05) is 20.9 Å². The van der Waals surface area contributed by atoms with E-state index >= 15 is 0 Å². The van der Waals surface area contributed by atoms with Crippen LogP contribution in [0.25, 0.3) is 0 Å². The Morgan fingerprint density at radius 3 is 2.63 bits per heavy atom. The van der Waals surface area contributed by atoms with Crippen LogP contribution in [0.5, 0.6) is 0 Å². The van der Waals surface area contributed by atoms with E-state index < -0.39 is 0 Å². The van der Waals surface area contributed by atoms with Gasteiger partial charge in [0.25, 0.3) is 5.91 Å². The van der Waals surface area contributed by atoms with Gasteiger partial charge in [-0.1, -0.05) is 17.7 Å². The van der Waals surface area contributed by atoms with E-state index in [1.165, 1.54) is 0 Å². The third-order valence-electron chi connectivity index (χ3n) is 2.71. The van der Waals surface area contributed by atoms with Crippen molar-refractivity contribution in [2.45, 2.75) is 6.92 Å². The highest BCUT2D eigenvalue weighted by Gasteiger charge is 2.11. The molecule has 0 unspecified atom stereocenters. The van der Waals surface area contributed by atoms with Crippen molar-refractivity contribution in [1.82, 2.24) is 0 Å². The van der Waals surface area contributed by atoms with Gasteiger partial charge < -0.3 is 11.1 Å². The summed E-state index contributed by atoms with van der Waals surface area (Å²) in [7, 11) is 0. The Hall–Kier alpha value is -1.52. The summed E-state index contributed by atoms with van der Waals surface area (Å²) in [6.07, 6.45) is 0. The third-order valence-corrected chi connectivity index (χ3v) is 3.60. The van der Waals surface area contributed by atoms with Crippen molar-refractivity contribution in [1.29, 1.82) is 0 Å². The van der Waals surface area contributed by atoms with Crippen LogP contribution in [0.4, 0.5) is 11.4 Å². The molecule has 0 aliphatic carbocycles. The van der Waals surface area contributed by atoms with Gasteiger partial charge in [0.1, 0.15) is 0 Å². The molecule has 3 N–H and O–H groups in total. The summed E-state index contributed by atoms with van der Waals surface area (Å²) in [4.78, 5) is 12.1. The number of hydrogen-bond acceptors (Lipinski definition) is 2. The number of nitrogens with one attached hydrogen (secondary N) is 1. The summed E-state index contributed by atoms with van der Waals surface area (Å²) in [5.41, 5.74) is 8.61. The second-order valence-electron chi connectivity index (χ2n) is 4.15. The monoisotopic (exact) mass is 338 g/mol. The first-order valence-electron chi connectivity index (χ1n) is 5.60. The van der Waals surface area contributed by atoms with Crippen LogP contribution < -0.4 is 11.1 Å². The Morgan fingerprint density at radius 2 is 2.00 bits per heavy atom. The number of carbonyl (C=O) groups excluding carboxylic acids is 1. The molecule has 2 aromatic rings. The summed E-state index contributed by atoms with van der Waals surface area (Å²) in [5, 5.41) is 3.37. The molecule has 0 saturated heterocycles. The molecule has 0 aromatic heterocycles. The van der Waals surface area contributed by atoms with Crippen molar-refractivity contribution in [2.24, 2.45) is 0 Å². The highest BCUT2D eigenvalue weighted by Crippen LogP contribution is 2.23. The van der Waals surface area contributed by atoms with E-state index in [1.54, 1.807) is 24.3 Å². The quantitative estimate of drug-likeness (QED) is 0.804. The Labute approximate surface area is 124 Å². The Kier molecular flexibility index (Phi) is 4.12. The molecule has 3 nitrogen and oxygen atoms in total. The van der Waals surface area contributed by atoms with E-state index in [4.69, 9.17) is 17.3 Å². The predicted octanol–water partition coefficient (Wildman–Crippen LogP) is 4.25. The highest BCUT2D eigenvalue weighted by molar-refractivity contribution is 9.10. The number of amides is 1. The first-order chi connectivity index (χ1) is 8.97. The average Bonchev–Trinajstić information content (AvgIpc) is 2.33. The molecule has 0 heterocycles. The van der Waals surface area contributed by atoms with Gasteiger partial charge in [0.15, 0.2) is 0 Å².